The number of nitrogens with two attached hydrogens (primary N) is 1. The lowest BCUT2D eigenvalue weighted by Gasteiger charge is -2.08. The van der Waals surface area contributed by atoms with E-state index in [1.54, 1.807) is 6.07 Å². The van der Waals surface area contributed by atoms with Crippen LogP contribution in [0.15, 0.2) is 36.4 Å². The summed E-state index contributed by atoms with van der Waals surface area (Å²) in [5.41, 5.74) is 5.82. The van der Waals surface area contributed by atoms with Gasteiger partial charge in [-0.05, 0) is 29.8 Å². The Morgan fingerprint density at radius 3 is 2.48 bits per heavy atom. The van der Waals surface area contributed by atoms with Gasteiger partial charge >= 0.3 is 0 Å². The van der Waals surface area contributed by atoms with Crippen LogP contribution in [0.25, 0.3) is 0 Å². The Bertz CT molecular complexity index is 674. The van der Waals surface area contributed by atoms with Crippen molar-refractivity contribution in [2.24, 2.45) is 5.73 Å². The summed E-state index contributed by atoms with van der Waals surface area (Å²) >= 11 is 0. The van der Waals surface area contributed by atoms with E-state index in [9.17, 15) is 18.0 Å². The molecule has 3 N–H and O–H groups in total. The zero-order valence-corrected chi connectivity index (χ0v) is 11.0. The quantitative estimate of drug-likeness (QED) is 0.910. The summed E-state index contributed by atoms with van der Waals surface area (Å²) in [5, 5.41) is 2.34. The molecule has 0 unspecified atom stereocenters. The monoisotopic (exact) mass is 294 g/mol. The average Bonchev–Trinajstić information content (AvgIpc) is 2.48. The fourth-order valence-electron chi connectivity index (χ4n) is 1.80. The molecule has 0 aliphatic rings. The van der Waals surface area contributed by atoms with E-state index in [4.69, 9.17) is 5.73 Å². The van der Waals surface area contributed by atoms with E-state index in [-0.39, 0.29) is 18.7 Å². The number of rotatable bonds is 4. The third kappa shape index (κ3) is 3.61. The summed E-state index contributed by atoms with van der Waals surface area (Å²) in [6.07, 6.45) is 0. The van der Waals surface area contributed by atoms with Gasteiger partial charge in [0.25, 0.3) is 5.91 Å². The van der Waals surface area contributed by atoms with E-state index in [2.05, 4.69) is 5.32 Å². The maximum absolute atomic E-state index is 13.7. The number of carbonyl (C=O) groups is 1. The molecule has 0 heterocycles. The van der Waals surface area contributed by atoms with Gasteiger partial charge in [-0.3, -0.25) is 4.79 Å². The highest BCUT2D eigenvalue weighted by atomic mass is 19.1. The number of hydrogen-bond acceptors (Lipinski definition) is 2. The van der Waals surface area contributed by atoms with Crippen molar-refractivity contribution in [3.63, 3.8) is 0 Å². The molecule has 110 valence electrons. The van der Waals surface area contributed by atoms with Gasteiger partial charge < -0.3 is 11.1 Å². The van der Waals surface area contributed by atoms with E-state index in [0.717, 1.165) is 18.2 Å². The van der Waals surface area contributed by atoms with Crippen molar-refractivity contribution in [2.75, 3.05) is 0 Å². The van der Waals surface area contributed by atoms with Crippen molar-refractivity contribution < 1.29 is 18.0 Å². The Morgan fingerprint density at radius 1 is 1.05 bits per heavy atom. The second kappa shape index (κ2) is 6.41. The van der Waals surface area contributed by atoms with Crippen LogP contribution in [0.2, 0.25) is 0 Å². The van der Waals surface area contributed by atoms with Gasteiger partial charge in [-0.1, -0.05) is 12.1 Å². The van der Waals surface area contributed by atoms with Gasteiger partial charge in [-0.25, -0.2) is 13.2 Å². The van der Waals surface area contributed by atoms with Gasteiger partial charge in [0.15, 0.2) is 0 Å². The van der Waals surface area contributed by atoms with E-state index < -0.39 is 28.9 Å². The molecule has 2 rings (SSSR count). The Labute approximate surface area is 119 Å². The number of halogens is 3. The maximum atomic E-state index is 13.7. The van der Waals surface area contributed by atoms with Crippen molar-refractivity contribution in [2.45, 2.75) is 13.1 Å². The number of hydrogen-bond donors (Lipinski definition) is 2. The second-order valence-electron chi connectivity index (χ2n) is 4.44. The number of carbonyl (C=O) groups excluding carboxylic acids is 1. The fourth-order valence-corrected chi connectivity index (χ4v) is 1.80. The number of benzene rings is 2. The predicted molar refractivity (Wildman–Crippen MR) is 71.8 cm³/mol. The molecule has 2 aromatic carbocycles. The maximum Gasteiger partial charge on any atom is 0.254 e. The molecule has 0 aliphatic heterocycles. The lowest BCUT2D eigenvalue weighted by Crippen LogP contribution is -2.24. The smallest absolute Gasteiger partial charge is 0.254 e. The van der Waals surface area contributed by atoms with E-state index in [1.165, 1.54) is 12.1 Å². The lowest BCUT2D eigenvalue weighted by molar-refractivity contribution is 0.0946. The highest BCUT2D eigenvalue weighted by Gasteiger charge is 2.13. The summed E-state index contributed by atoms with van der Waals surface area (Å²) in [4.78, 5) is 11.8. The van der Waals surface area contributed by atoms with Gasteiger partial charge in [0, 0.05) is 18.7 Å². The van der Waals surface area contributed by atoms with Gasteiger partial charge in [-0.15, -0.1) is 0 Å². The standard InChI is InChI=1S/C15H13F3N2O/c16-11-3-4-13(17)12(6-11)15(21)20-8-10-2-1-9(7-19)5-14(10)18/h1-6H,7-8,19H2,(H,20,21). The van der Waals surface area contributed by atoms with Crippen LogP contribution in [0.3, 0.4) is 0 Å². The van der Waals surface area contributed by atoms with Crippen molar-refractivity contribution in [3.8, 4) is 0 Å². The molecule has 0 radical (unpaired) electrons. The molecule has 0 bridgehead atoms. The summed E-state index contributed by atoms with van der Waals surface area (Å²) in [6, 6.07) is 6.95. The second-order valence-corrected chi connectivity index (χ2v) is 4.44. The third-order valence-electron chi connectivity index (χ3n) is 2.97. The first kappa shape index (κ1) is 15.1. The minimum absolute atomic E-state index is 0.133. The SMILES string of the molecule is NCc1ccc(CNC(=O)c2cc(F)ccc2F)c(F)c1. The highest BCUT2D eigenvalue weighted by molar-refractivity contribution is 5.94. The van der Waals surface area contributed by atoms with Gasteiger partial charge in [0.1, 0.15) is 17.5 Å². The van der Waals surface area contributed by atoms with Crippen LogP contribution in [0.4, 0.5) is 13.2 Å². The molecule has 0 aromatic heterocycles. The van der Waals surface area contributed by atoms with Crippen LogP contribution in [0.5, 0.6) is 0 Å². The van der Waals surface area contributed by atoms with Crippen LogP contribution in [-0.2, 0) is 13.1 Å². The Hall–Kier alpha value is -2.34. The van der Waals surface area contributed by atoms with Crippen LogP contribution in [0.1, 0.15) is 21.5 Å². The minimum Gasteiger partial charge on any atom is -0.348 e. The fraction of sp³-hybridized carbons (Fsp3) is 0.133. The van der Waals surface area contributed by atoms with Crippen LogP contribution < -0.4 is 11.1 Å². The van der Waals surface area contributed by atoms with Crippen LogP contribution >= 0.6 is 0 Å². The van der Waals surface area contributed by atoms with Crippen LogP contribution in [-0.4, -0.2) is 5.91 Å². The molecule has 0 spiro atoms. The molecule has 0 atom stereocenters. The first-order valence-electron chi connectivity index (χ1n) is 6.22. The van der Waals surface area contributed by atoms with Crippen molar-refractivity contribution in [1.82, 2.24) is 5.32 Å². The number of nitrogens with one attached hydrogen (secondary N) is 1. The zero-order valence-electron chi connectivity index (χ0n) is 11.0. The normalized spacial score (nSPS) is 10.5. The molecular weight excluding hydrogens is 281 g/mol. The van der Waals surface area contributed by atoms with Crippen LogP contribution in [0, 0.1) is 17.5 Å². The third-order valence-corrected chi connectivity index (χ3v) is 2.97. The molecule has 0 saturated heterocycles. The molecule has 3 nitrogen and oxygen atoms in total. The Kier molecular flexibility index (Phi) is 4.59. The van der Waals surface area contributed by atoms with Crippen molar-refractivity contribution >= 4 is 5.91 Å². The first-order valence-corrected chi connectivity index (χ1v) is 6.22. The molecule has 2 aromatic rings. The van der Waals surface area contributed by atoms with E-state index >= 15 is 0 Å². The average molecular weight is 294 g/mol. The molecule has 0 fully saturated rings. The molecular formula is C15H13F3N2O. The van der Waals surface area contributed by atoms with Crippen molar-refractivity contribution in [3.05, 3.63) is 70.5 Å². The lowest BCUT2D eigenvalue weighted by atomic mass is 10.1. The predicted octanol–water partition coefficient (Wildman–Crippen LogP) is 2.49. The summed E-state index contributed by atoms with van der Waals surface area (Å²) in [7, 11) is 0. The minimum atomic E-state index is -0.840. The van der Waals surface area contributed by atoms with Gasteiger partial charge in [0.05, 0.1) is 5.56 Å². The zero-order chi connectivity index (χ0) is 15.4. The van der Waals surface area contributed by atoms with E-state index in [1.807, 2.05) is 0 Å². The molecule has 6 heteroatoms. The Morgan fingerprint density at radius 2 is 1.81 bits per heavy atom. The largest absolute Gasteiger partial charge is 0.348 e. The summed E-state index contributed by atoms with van der Waals surface area (Å²) < 4.78 is 40.1. The van der Waals surface area contributed by atoms with Gasteiger partial charge in [-0.2, -0.15) is 0 Å². The summed E-state index contributed by atoms with van der Waals surface area (Å²) in [6.45, 7) is 0.0730. The molecule has 0 saturated carbocycles. The topological polar surface area (TPSA) is 55.1 Å². The molecule has 1 amide bonds. The van der Waals surface area contributed by atoms with Gasteiger partial charge in [0.2, 0.25) is 0 Å². The van der Waals surface area contributed by atoms with E-state index in [0.29, 0.717) is 5.56 Å². The highest BCUT2D eigenvalue weighted by Crippen LogP contribution is 2.12. The summed E-state index contributed by atoms with van der Waals surface area (Å²) in [5.74, 6) is -2.89. The number of amides is 1. The molecule has 0 aliphatic carbocycles. The first-order chi connectivity index (χ1) is 10.0. The van der Waals surface area contributed by atoms with Crippen molar-refractivity contribution in [1.29, 1.82) is 0 Å². The Balaban J connectivity index is 2.09. The molecule has 21 heavy (non-hydrogen) atoms.